The summed E-state index contributed by atoms with van der Waals surface area (Å²) in [5, 5.41) is 4.36. The van der Waals surface area contributed by atoms with Gasteiger partial charge in [0.2, 0.25) is 0 Å². The van der Waals surface area contributed by atoms with Crippen LogP contribution in [-0.4, -0.2) is 26.1 Å². The molecule has 136 valence electrons. The van der Waals surface area contributed by atoms with Gasteiger partial charge >= 0.3 is 0 Å². The van der Waals surface area contributed by atoms with E-state index in [1.165, 1.54) is 31.2 Å². The van der Waals surface area contributed by atoms with Gasteiger partial charge in [-0.3, -0.25) is 14.3 Å². The molecule has 3 aromatic rings. The van der Waals surface area contributed by atoms with Crippen LogP contribution in [0.1, 0.15) is 42.9 Å². The Bertz CT molecular complexity index is 1050. The van der Waals surface area contributed by atoms with Gasteiger partial charge in [0.1, 0.15) is 5.52 Å². The lowest BCUT2D eigenvalue weighted by Crippen LogP contribution is -2.22. The van der Waals surface area contributed by atoms with Gasteiger partial charge in [0.25, 0.3) is 5.56 Å². The van der Waals surface area contributed by atoms with E-state index in [9.17, 15) is 4.79 Å². The molecule has 1 fully saturated rings. The lowest BCUT2D eigenvalue weighted by Gasteiger charge is -2.21. The van der Waals surface area contributed by atoms with Crippen molar-refractivity contribution in [3.05, 3.63) is 55.8 Å². The lowest BCUT2D eigenvalue weighted by atomic mass is 9.96. The molecule has 2 aromatic heterocycles. The van der Waals surface area contributed by atoms with Gasteiger partial charge in [0.15, 0.2) is 10.4 Å². The molecule has 0 unspecified atom stereocenters. The maximum absolute atomic E-state index is 12.0. The van der Waals surface area contributed by atoms with Gasteiger partial charge in [0.05, 0.1) is 12.9 Å². The number of fused-ring (bicyclic) bond motifs is 1. The normalized spacial score (nSPS) is 18.1. The van der Waals surface area contributed by atoms with Crippen LogP contribution in [0.2, 0.25) is 5.02 Å². The number of hydrogen-bond donors (Lipinski definition) is 3. The molecule has 0 spiro atoms. The number of rotatable bonds is 3. The SMILES string of the molecule is O=c1[nH]c(=S)n(Cc2ccc(Cl)cc2[C@@H]2CCCCCN2)c2nc[nH]c12. The number of hydrogen-bond acceptors (Lipinski definition) is 4. The number of halogens is 1. The minimum atomic E-state index is -0.250. The fourth-order valence-electron chi connectivity index (χ4n) is 3.63. The number of aromatic amines is 2. The number of H-pyrrole nitrogens is 2. The quantitative estimate of drug-likeness (QED) is 0.597. The second-order valence-corrected chi connectivity index (χ2v) is 7.47. The van der Waals surface area contributed by atoms with Crippen LogP contribution < -0.4 is 10.9 Å². The molecule has 8 heteroatoms. The van der Waals surface area contributed by atoms with Crippen molar-refractivity contribution < 1.29 is 0 Å². The molecule has 6 nitrogen and oxygen atoms in total. The third kappa shape index (κ3) is 3.34. The molecule has 1 aromatic carbocycles. The number of benzene rings is 1. The van der Waals surface area contributed by atoms with Crippen molar-refractivity contribution in [2.75, 3.05) is 6.54 Å². The Morgan fingerprint density at radius 3 is 3.08 bits per heavy atom. The number of aromatic nitrogens is 4. The smallest absolute Gasteiger partial charge is 0.277 e. The maximum Gasteiger partial charge on any atom is 0.277 e. The van der Waals surface area contributed by atoms with E-state index in [4.69, 9.17) is 23.8 Å². The molecule has 0 aliphatic carbocycles. The first-order valence-electron chi connectivity index (χ1n) is 8.81. The predicted octanol–water partition coefficient (Wildman–Crippen LogP) is 3.69. The van der Waals surface area contributed by atoms with Crippen molar-refractivity contribution in [3.63, 3.8) is 0 Å². The first-order chi connectivity index (χ1) is 12.6. The van der Waals surface area contributed by atoms with Crippen LogP contribution in [0.4, 0.5) is 0 Å². The largest absolute Gasteiger partial charge is 0.339 e. The van der Waals surface area contributed by atoms with Crippen LogP contribution in [0.25, 0.3) is 11.2 Å². The fraction of sp³-hybridized carbons (Fsp3) is 0.389. The molecule has 1 atom stereocenters. The summed E-state index contributed by atoms with van der Waals surface area (Å²) in [6, 6.07) is 6.25. The molecule has 1 aliphatic rings. The number of nitrogens with one attached hydrogen (secondary N) is 3. The monoisotopic (exact) mass is 389 g/mol. The average Bonchev–Trinajstić information content (AvgIpc) is 2.95. The van der Waals surface area contributed by atoms with E-state index in [1.54, 1.807) is 0 Å². The van der Waals surface area contributed by atoms with Crippen LogP contribution in [0.15, 0.2) is 29.3 Å². The van der Waals surface area contributed by atoms with E-state index in [2.05, 4.69) is 20.3 Å². The van der Waals surface area contributed by atoms with Crippen molar-refractivity contribution in [2.45, 2.75) is 38.3 Å². The molecule has 1 aliphatic heterocycles. The average molecular weight is 390 g/mol. The molecule has 0 radical (unpaired) electrons. The summed E-state index contributed by atoms with van der Waals surface area (Å²) in [5.41, 5.74) is 3.06. The van der Waals surface area contributed by atoms with Gasteiger partial charge in [-0.15, -0.1) is 0 Å². The number of nitrogens with zero attached hydrogens (tertiary/aromatic N) is 2. The Morgan fingerprint density at radius 1 is 1.31 bits per heavy atom. The summed E-state index contributed by atoms with van der Waals surface area (Å²) < 4.78 is 2.22. The highest BCUT2D eigenvalue weighted by molar-refractivity contribution is 7.71. The first-order valence-corrected chi connectivity index (χ1v) is 9.60. The molecular weight excluding hydrogens is 370 g/mol. The molecule has 3 N–H and O–H groups in total. The van der Waals surface area contributed by atoms with E-state index >= 15 is 0 Å². The van der Waals surface area contributed by atoms with Gasteiger partial charge in [-0.25, -0.2) is 4.98 Å². The van der Waals surface area contributed by atoms with Crippen LogP contribution >= 0.6 is 23.8 Å². The highest BCUT2D eigenvalue weighted by Crippen LogP contribution is 2.29. The third-order valence-electron chi connectivity index (χ3n) is 4.94. The van der Waals surface area contributed by atoms with Crippen LogP contribution in [0, 0.1) is 4.77 Å². The zero-order valence-electron chi connectivity index (χ0n) is 14.2. The van der Waals surface area contributed by atoms with Crippen LogP contribution in [0.3, 0.4) is 0 Å². The Hall–Kier alpha value is -1.96. The minimum Gasteiger partial charge on any atom is -0.339 e. The summed E-state index contributed by atoms with van der Waals surface area (Å²) in [6.45, 7) is 1.54. The molecule has 26 heavy (non-hydrogen) atoms. The zero-order chi connectivity index (χ0) is 18.1. The Kier molecular flexibility index (Phi) is 4.93. The van der Waals surface area contributed by atoms with Gasteiger partial charge in [0, 0.05) is 11.1 Å². The number of imidazole rings is 1. The summed E-state index contributed by atoms with van der Waals surface area (Å²) in [5.74, 6) is 0. The molecule has 4 rings (SSSR count). The second-order valence-electron chi connectivity index (χ2n) is 6.65. The van der Waals surface area contributed by atoms with E-state index < -0.39 is 0 Å². The van der Waals surface area contributed by atoms with Crippen LogP contribution in [-0.2, 0) is 6.54 Å². The summed E-state index contributed by atoms with van der Waals surface area (Å²) in [7, 11) is 0. The summed E-state index contributed by atoms with van der Waals surface area (Å²) >= 11 is 11.7. The standard InChI is InChI=1S/C18H20ClN5OS/c19-12-6-5-11(13(8-12)14-4-2-1-3-7-20-14)9-24-16-15(21-10-22-16)17(25)23-18(24)26/h5-6,8,10,14,20H,1-4,7,9H2,(H,21,22)(H,23,25,26)/t14-/m0/s1. The van der Waals surface area contributed by atoms with E-state index in [1.807, 2.05) is 22.8 Å². The molecular formula is C18H20ClN5OS. The van der Waals surface area contributed by atoms with E-state index in [0.717, 1.165) is 23.6 Å². The van der Waals surface area contributed by atoms with Gasteiger partial charge in [-0.05, 0) is 54.9 Å². The highest BCUT2D eigenvalue weighted by atomic mass is 35.5. The van der Waals surface area contributed by atoms with Crippen molar-refractivity contribution in [3.8, 4) is 0 Å². The van der Waals surface area contributed by atoms with Crippen molar-refractivity contribution in [1.29, 1.82) is 0 Å². The first kappa shape index (κ1) is 17.5. The van der Waals surface area contributed by atoms with Gasteiger partial charge in [-0.1, -0.05) is 30.5 Å². The predicted molar refractivity (Wildman–Crippen MR) is 105 cm³/mol. The highest BCUT2D eigenvalue weighted by Gasteiger charge is 2.18. The zero-order valence-corrected chi connectivity index (χ0v) is 15.8. The molecule has 0 bridgehead atoms. The molecule has 3 heterocycles. The maximum atomic E-state index is 12.0. The lowest BCUT2D eigenvalue weighted by molar-refractivity contribution is 0.528. The van der Waals surface area contributed by atoms with Crippen molar-refractivity contribution in [1.82, 2.24) is 24.8 Å². The summed E-state index contributed by atoms with van der Waals surface area (Å²) in [6.07, 6.45) is 6.25. The molecule has 0 amide bonds. The third-order valence-corrected chi connectivity index (χ3v) is 5.50. The van der Waals surface area contributed by atoms with Crippen molar-refractivity contribution >= 4 is 35.0 Å². The topological polar surface area (TPSA) is 78.5 Å². The van der Waals surface area contributed by atoms with Crippen LogP contribution in [0.5, 0.6) is 0 Å². The Balaban J connectivity index is 1.79. The fourth-order valence-corrected chi connectivity index (χ4v) is 4.05. The minimum absolute atomic E-state index is 0.250. The second kappa shape index (κ2) is 7.34. The van der Waals surface area contributed by atoms with Crippen molar-refractivity contribution in [2.24, 2.45) is 0 Å². The Morgan fingerprint density at radius 2 is 2.19 bits per heavy atom. The molecule has 0 saturated carbocycles. The Labute approximate surface area is 160 Å². The van der Waals surface area contributed by atoms with E-state index in [0.29, 0.717) is 22.5 Å². The van der Waals surface area contributed by atoms with Gasteiger partial charge in [-0.2, -0.15) is 0 Å². The summed E-state index contributed by atoms with van der Waals surface area (Å²) in [4.78, 5) is 21.9. The van der Waals surface area contributed by atoms with Gasteiger partial charge < -0.3 is 10.3 Å². The van der Waals surface area contributed by atoms with E-state index in [-0.39, 0.29) is 11.6 Å². The molecule has 1 saturated heterocycles.